The Morgan fingerprint density at radius 1 is 1.20 bits per heavy atom. The molecule has 2 nitrogen and oxygen atoms in total. The molecule has 2 aromatic carbocycles. The molecule has 0 saturated carbocycles. The lowest BCUT2D eigenvalue weighted by atomic mass is 10.2. The van der Waals surface area contributed by atoms with Gasteiger partial charge in [0.05, 0.1) is 9.50 Å². The lowest BCUT2D eigenvalue weighted by molar-refractivity contribution is 0.304. The molecule has 0 fully saturated rings. The number of rotatable bonds is 5. The first-order chi connectivity index (χ1) is 9.60. The fourth-order valence-corrected chi connectivity index (χ4v) is 2.51. The molecular formula is C15H14BrClFNO. The molecule has 0 aromatic heterocycles. The Balaban J connectivity index is 2.05. The van der Waals surface area contributed by atoms with E-state index in [0.717, 1.165) is 27.9 Å². The van der Waals surface area contributed by atoms with Crippen LogP contribution in [0.15, 0.2) is 40.9 Å². The predicted molar refractivity (Wildman–Crippen MR) is 82.6 cm³/mol. The van der Waals surface area contributed by atoms with Gasteiger partial charge in [0.15, 0.2) is 0 Å². The van der Waals surface area contributed by atoms with Crippen LogP contribution in [0.2, 0.25) is 5.02 Å². The van der Waals surface area contributed by atoms with Gasteiger partial charge in [0.25, 0.3) is 0 Å². The number of hydrogen-bond acceptors (Lipinski definition) is 2. The van der Waals surface area contributed by atoms with Crippen molar-refractivity contribution in [2.45, 2.75) is 13.2 Å². The van der Waals surface area contributed by atoms with Gasteiger partial charge in [0, 0.05) is 6.54 Å². The lowest BCUT2D eigenvalue weighted by Gasteiger charge is -2.10. The second kappa shape index (κ2) is 7.07. The van der Waals surface area contributed by atoms with Crippen molar-refractivity contribution >= 4 is 27.5 Å². The zero-order valence-electron chi connectivity index (χ0n) is 10.9. The molecule has 20 heavy (non-hydrogen) atoms. The fourth-order valence-electron chi connectivity index (χ4n) is 1.77. The molecule has 0 atom stereocenters. The Hall–Kier alpha value is -1.10. The van der Waals surface area contributed by atoms with Gasteiger partial charge in [-0.1, -0.05) is 23.7 Å². The molecule has 106 valence electrons. The molecule has 0 aliphatic rings. The third-order valence-corrected chi connectivity index (χ3v) is 3.66. The minimum absolute atomic E-state index is 0.106. The van der Waals surface area contributed by atoms with Crippen molar-refractivity contribution in [3.8, 4) is 5.75 Å². The average Bonchev–Trinajstić information content (AvgIpc) is 2.42. The Labute approximate surface area is 131 Å². The maximum absolute atomic E-state index is 13.1. The van der Waals surface area contributed by atoms with E-state index in [1.165, 1.54) is 6.07 Å². The van der Waals surface area contributed by atoms with Gasteiger partial charge < -0.3 is 10.1 Å². The summed E-state index contributed by atoms with van der Waals surface area (Å²) in [5.74, 6) is 0.318. The van der Waals surface area contributed by atoms with Gasteiger partial charge in [0.2, 0.25) is 0 Å². The summed E-state index contributed by atoms with van der Waals surface area (Å²) in [5, 5.41) is 3.19. The zero-order valence-corrected chi connectivity index (χ0v) is 13.3. The summed E-state index contributed by atoms with van der Waals surface area (Å²) in [4.78, 5) is 0. The third kappa shape index (κ3) is 3.95. The van der Waals surface area contributed by atoms with Crippen LogP contribution in [0.3, 0.4) is 0 Å². The maximum atomic E-state index is 13.1. The van der Waals surface area contributed by atoms with E-state index < -0.39 is 5.82 Å². The summed E-state index contributed by atoms with van der Waals surface area (Å²) in [6.07, 6.45) is 0. The van der Waals surface area contributed by atoms with E-state index in [1.54, 1.807) is 12.1 Å². The van der Waals surface area contributed by atoms with Crippen molar-refractivity contribution in [3.05, 3.63) is 62.8 Å². The highest BCUT2D eigenvalue weighted by molar-refractivity contribution is 9.10. The van der Waals surface area contributed by atoms with E-state index in [9.17, 15) is 4.39 Å². The van der Waals surface area contributed by atoms with Gasteiger partial charge in [-0.3, -0.25) is 0 Å². The molecule has 0 bridgehead atoms. The minimum Gasteiger partial charge on any atom is -0.488 e. The Bertz CT molecular complexity index is 606. The molecule has 0 aliphatic heterocycles. The Kier molecular flexibility index (Phi) is 5.40. The van der Waals surface area contributed by atoms with E-state index in [-0.39, 0.29) is 5.02 Å². The van der Waals surface area contributed by atoms with E-state index in [1.807, 2.05) is 25.2 Å². The van der Waals surface area contributed by atoms with Gasteiger partial charge >= 0.3 is 0 Å². The molecule has 2 rings (SSSR count). The summed E-state index contributed by atoms with van der Waals surface area (Å²) in [6.45, 7) is 1.14. The van der Waals surface area contributed by atoms with Crippen LogP contribution < -0.4 is 10.1 Å². The van der Waals surface area contributed by atoms with Crippen molar-refractivity contribution in [2.24, 2.45) is 0 Å². The van der Waals surface area contributed by atoms with Gasteiger partial charge in [-0.15, -0.1) is 0 Å². The summed E-state index contributed by atoms with van der Waals surface area (Å²) in [6, 6.07) is 10.5. The maximum Gasteiger partial charge on any atom is 0.141 e. The third-order valence-electron chi connectivity index (χ3n) is 2.76. The van der Waals surface area contributed by atoms with Gasteiger partial charge in [-0.05, 0) is 58.4 Å². The number of nitrogens with one attached hydrogen (secondary N) is 1. The molecule has 5 heteroatoms. The second-order valence-corrected chi connectivity index (χ2v) is 5.59. The molecule has 1 N–H and O–H groups in total. The van der Waals surface area contributed by atoms with E-state index in [4.69, 9.17) is 16.3 Å². The predicted octanol–water partition coefficient (Wildman–Crippen LogP) is 4.54. The molecule has 0 aliphatic carbocycles. The number of benzene rings is 2. The molecule has 0 unspecified atom stereocenters. The van der Waals surface area contributed by atoms with Crippen LogP contribution in [0.25, 0.3) is 0 Å². The molecule has 0 radical (unpaired) electrons. The van der Waals surface area contributed by atoms with Crippen LogP contribution in [0, 0.1) is 5.82 Å². The zero-order chi connectivity index (χ0) is 14.5. The second-order valence-electron chi connectivity index (χ2n) is 4.33. The highest BCUT2D eigenvalue weighted by Crippen LogP contribution is 2.27. The van der Waals surface area contributed by atoms with Crippen LogP contribution >= 0.6 is 27.5 Å². The first-order valence-electron chi connectivity index (χ1n) is 6.10. The normalized spacial score (nSPS) is 10.6. The first kappa shape index (κ1) is 15.3. The van der Waals surface area contributed by atoms with Crippen LogP contribution in [0.4, 0.5) is 4.39 Å². The lowest BCUT2D eigenvalue weighted by Crippen LogP contribution is -2.05. The summed E-state index contributed by atoms with van der Waals surface area (Å²) in [7, 11) is 1.90. The van der Waals surface area contributed by atoms with Crippen molar-refractivity contribution in [2.75, 3.05) is 7.05 Å². The fraction of sp³-hybridized carbons (Fsp3) is 0.200. The van der Waals surface area contributed by atoms with Gasteiger partial charge in [0.1, 0.15) is 18.2 Å². The summed E-state index contributed by atoms with van der Waals surface area (Å²) < 4.78 is 19.6. The van der Waals surface area contributed by atoms with Crippen LogP contribution in [0.1, 0.15) is 11.1 Å². The van der Waals surface area contributed by atoms with Gasteiger partial charge in [-0.2, -0.15) is 0 Å². The van der Waals surface area contributed by atoms with Crippen molar-refractivity contribution in [1.29, 1.82) is 0 Å². The summed E-state index contributed by atoms with van der Waals surface area (Å²) >= 11 is 9.21. The Morgan fingerprint density at radius 3 is 2.60 bits per heavy atom. The first-order valence-corrected chi connectivity index (χ1v) is 7.27. The molecule has 2 aromatic rings. The highest BCUT2D eigenvalue weighted by atomic mass is 79.9. The largest absolute Gasteiger partial charge is 0.488 e. The monoisotopic (exact) mass is 357 g/mol. The number of ether oxygens (including phenoxy) is 1. The molecule has 0 heterocycles. The Morgan fingerprint density at radius 2 is 1.95 bits per heavy atom. The van der Waals surface area contributed by atoms with Crippen molar-refractivity contribution < 1.29 is 9.13 Å². The molecule has 0 amide bonds. The minimum atomic E-state index is -0.423. The van der Waals surface area contributed by atoms with Gasteiger partial charge in [-0.25, -0.2) is 4.39 Å². The number of hydrogen-bond donors (Lipinski definition) is 1. The van der Waals surface area contributed by atoms with E-state index >= 15 is 0 Å². The summed E-state index contributed by atoms with van der Waals surface area (Å²) in [5.41, 5.74) is 1.99. The smallest absolute Gasteiger partial charge is 0.141 e. The molecule has 0 saturated heterocycles. The SMILES string of the molecule is CNCc1ccc(OCc2ccc(F)c(Cl)c2)c(Br)c1. The quantitative estimate of drug-likeness (QED) is 0.847. The standard InChI is InChI=1S/C15H14BrClFNO/c1-19-8-10-3-5-15(12(16)6-10)20-9-11-2-4-14(18)13(17)7-11/h2-7,19H,8-9H2,1H3. The molecular weight excluding hydrogens is 345 g/mol. The van der Waals surface area contributed by atoms with Crippen molar-refractivity contribution in [3.63, 3.8) is 0 Å². The topological polar surface area (TPSA) is 21.3 Å². The van der Waals surface area contributed by atoms with E-state index in [2.05, 4.69) is 21.2 Å². The van der Waals surface area contributed by atoms with Crippen LogP contribution in [-0.4, -0.2) is 7.05 Å². The highest BCUT2D eigenvalue weighted by Gasteiger charge is 2.05. The molecule has 0 spiro atoms. The van der Waals surface area contributed by atoms with Crippen LogP contribution in [0.5, 0.6) is 5.75 Å². The van der Waals surface area contributed by atoms with Crippen molar-refractivity contribution in [1.82, 2.24) is 5.32 Å². The van der Waals surface area contributed by atoms with Crippen LogP contribution in [-0.2, 0) is 13.2 Å². The number of halogens is 3. The van der Waals surface area contributed by atoms with E-state index in [0.29, 0.717) is 6.61 Å². The average molecular weight is 359 g/mol.